The standard InChI is InChI=1S/C19H23BrN2O2/c1-14-7-9-16(10-8-14)24-12-11-21-13-19(23)22-15(2)17-5-3-4-6-18(17)20/h3-10,15,21H,11-13H2,1-2H3,(H,22,23). The maximum atomic E-state index is 12.0. The zero-order valence-corrected chi connectivity index (χ0v) is 15.6. The minimum atomic E-state index is -0.0429. The number of aryl methyl sites for hydroxylation is 1. The monoisotopic (exact) mass is 390 g/mol. The molecule has 2 rings (SSSR count). The van der Waals surface area contributed by atoms with Crippen LogP contribution in [0.3, 0.4) is 0 Å². The van der Waals surface area contributed by atoms with Gasteiger partial charge in [0.15, 0.2) is 0 Å². The first kappa shape index (κ1) is 18.5. The summed E-state index contributed by atoms with van der Waals surface area (Å²) in [5, 5.41) is 6.07. The molecule has 5 heteroatoms. The van der Waals surface area contributed by atoms with Crippen LogP contribution in [0.1, 0.15) is 24.1 Å². The summed E-state index contributed by atoms with van der Waals surface area (Å²) in [7, 11) is 0. The van der Waals surface area contributed by atoms with Gasteiger partial charge in [-0.2, -0.15) is 0 Å². The number of carbonyl (C=O) groups is 1. The molecule has 128 valence electrons. The van der Waals surface area contributed by atoms with Crippen LogP contribution in [-0.4, -0.2) is 25.6 Å². The summed E-state index contributed by atoms with van der Waals surface area (Å²) in [6.45, 7) is 5.42. The lowest BCUT2D eigenvalue weighted by molar-refractivity contribution is -0.120. The molecule has 0 aliphatic carbocycles. The summed E-state index contributed by atoms with van der Waals surface area (Å²) in [4.78, 5) is 12.0. The van der Waals surface area contributed by atoms with Crippen molar-refractivity contribution >= 4 is 21.8 Å². The summed E-state index contributed by atoms with van der Waals surface area (Å²) >= 11 is 3.50. The number of hydrogen-bond donors (Lipinski definition) is 2. The van der Waals surface area contributed by atoms with E-state index in [-0.39, 0.29) is 18.5 Å². The van der Waals surface area contributed by atoms with Crippen molar-refractivity contribution in [3.05, 3.63) is 64.1 Å². The van der Waals surface area contributed by atoms with Gasteiger partial charge in [-0.3, -0.25) is 4.79 Å². The molecule has 0 aliphatic rings. The molecule has 0 aliphatic heterocycles. The maximum absolute atomic E-state index is 12.0. The van der Waals surface area contributed by atoms with Crippen LogP contribution in [0.15, 0.2) is 53.0 Å². The minimum absolute atomic E-state index is 0.0337. The van der Waals surface area contributed by atoms with Crippen LogP contribution in [0.4, 0.5) is 0 Å². The van der Waals surface area contributed by atoms with E-state index < -0.39 is 0 Å². The van der Waals surface area contributed by atoms with E-state index >= 15 is 0 Å². The van der Waals surface area contributed by atoms with Crippen LogP contribution >= 0.6 is 15.9 Å². The molecule has 0 bridgehead atoms. The highest BCUT2D eigenvalue weighted by atomic mass is 79.9. The number of benzene rings is 2. The van der Waals surface area contributed by atoms with E-state index in [4.69, 9.17) is 4.74 Å². The van der Waals surface area contributed by atoms with E-state index in [0.717, 1.165) is 15.8 Å². The lowest BCUT2D eigenvalue weighted by Crippen LogP contribution is -2.36. The van der Waals surface area contributed by atoms with Gasteiger partial charge in [0.25, 0.3) is 0 Å². The second-order valence-electron chi connectivity index (χ2n) is 5.65. The van der Waals surface area contributed by atoms with E-state index in [2.05, 4.69) is 26.6 Å². The number of halogens is 1. The van der Waals surface area contributed by atoms with Crippen molar-refractivity contribution in [3.63, 3.8) is 0 Å². The average Bonchev–Trinajstić information content (AvgIpc) is 2.56. The van der Waals surface area contributed by atoms with Crippen LogP contribution in [0.2, 0.25) is 0 Å². The van der Waals surface area contributed by atoms with Crippen molar-refractivity contribution in [1.29, 1.82) is 0 Å². The third kappa shape index (κ3) is 5.98. The molecule has 1 amide bonds. The first-order valence-electron chi connectivity index (χ1n) is 8.00. The fourth-order valence-corrected chi connectivity index (χ4v) is 2.90. The largest absolute Gasteiger partial charge is 0.492 e. The Morgan fingerprint density at radius 2 is 1.88 bits per heavy atom. The van der Waals surface area contributed by atoms with Crippen LogP contribution in [-0.2, 0) is 4.79 Å². The predicted octanol–water partition coefficient (Wildman–Crippen LogP) is 3.60. The molecule has 0 aromatic heterocycles. The number of amides is 1. The lowest BCUT2D eigenvalue weighted by atomic mass is 10.1. The van der Waals surface area contributed by atoms with Crippen LogP contribution in [0, 0.1) is 6.92 Å². The Bertz CT molecular complexity index is 659. The number of ether oxygens (including phenoxy) is 1. The van der Waals surface area contributed by atoms with E-state index in [9.17, 15) is 4.79 Å². The molecule has 2 aromatic rings. The van der Waals surface area contributed by atoms with E-state index in [1.165, 1.54) is 5.56 Å². The van der Waals surface area contributed by atoms with E-state index in [1.807, 2.05) is 62.4 Å². The molecule has 1 atom stereocenters. The first-order valence-corrected chi connectivity index (χ1v) is 8.79. The van der Waals surface area contributed by atoms with Crippen molar-refractivity contribution < 1.29 is 9.53 Å². The van der Waals surface area contributed by atoms with E-state index in [1.54, 1.807) is 0 Å². The van der Waals surface area contributed by atoms with Crippen molar-refractivity contribution in [2.45, 2.75) is 19.9 Å². The minimum Gasteiger partial charge on any atom is -0.492 e. The van der Waals surface area contributed by atoms with Gasteiger partial charge < -0.3 is 15.4 Å². The van der Waals surface area contributed by atoms with Crippen molar-refractivity contribution in [3.8, 4) is 5.75 Å². The number of carbonyl (C=O) groups excluding carboxylic acids is 1. The smallest absolute Gasteiger partial charge is 0.234 e. The fraction of sp³-hybridized carbons (Fsp3) is 0.316. The Hall–Kier alpha value is -1.85. The Balaban J connectivity index is 1.64. The third-order valence-electron chi connectivity index (χ3n) is 3.60. The Morgan fingerprint density at radius 1 is 1.17 bits per heavy atom. The first-order chi connectivity index (χ1) is 11.6. The Labute approximate surface area is 151 Å². The van der Waals surface area contributed by atoms with Gasteiger partial charge in [-0.15, -0.1) is 0 Å². The summed E-state index contributed by atoms with van der Waals surface area (Å²) in [6.07, 6.45) is 0. The summed E-state index contributed by atoms with van der Waals surface area (Å²) in [5.74, 6) is 0.808. The Morgan fingerprint density at radius 3 is 2.58 bits per heavy atom. The zero-order chi connectivity index (χ0) is 17.4. The molecule has 0 fully saturated rings. The van der Waals surface area contributed by atoms with Crippen molar-refractivity contribution in [2.75, 3.05) is 19.7 Å². The van der Waals surface area contributed by atoms with Crippen LogP contribution < -0.4 is 15.4 Å². The fourth-order valence-electron chi connectivity index (χ4n) is 2.27. The molecule has 0 heterocycles. The van der Waals surface area contributed by atoms with Gasteiger partial charge in [0.2, 0.25) is 5.91 Å². The van der Waals surface area contributed by atoms with Gasteiger partial charge in [-0.05, 0) is 37.6 Å². The number of rotatable bonds is 8. The molecule has 0 saturated heterocycles. The van der Waals surface area contributed by atoms with Gasteiger partial charge in [0.05, 0.1) is 12.6 Å². The molecule has 0 saturated carbocycles. The quantitative estimate of drug-likeness (QED) is 0.676. The molecule has 1 unspecified atom stereocenters. The second kappa shape index (κ2) is 9.45. The van der Waals surface area contributed by atoms with Gasteiger partial charge in [0, 0.05) is 11.0 Å². The number of nitrogens with one attached hydrogen (secondary N) is 2. The Kier molecular flexibility index (Phi) is 7.28. The highest BCUT2D eigenvalue weighted by molar-refractivity contribution is 9.10. The molecule has 2 aromatic carbocycles. The molecular weight excluding hydrogens is 368 g/mol. The van der Waals surface area contributed by atoms with Gasteiger partial charge in [0.1, 0.15) is 12.4 Å². The normalized spacial score (nSPS) is 11.8. The predicted molar refractivity (Wildman–Crippen MR) is 100 cm³/mol. The lowest BCUT2D eigenvalue weighted by Gasteiger charge is -2.16. The maximum Gasteiger partial charge on any atom is 0.234 e. The molecule has 24 heavy (non-hydrogen) atoms. The molecule has 0 spiro atoms. The SMILES string of the molecule is Cc1ccc(OCCNCC(=O)NC(C)c2ccccc2Br)cc1. The highest BCUT2D eigenvalue weighted by Crippen LogP contribution is 2.22. The molecule has 2 N–H and O–H groups in total. The van der Waals surface area contributed by atoms with Crippen LogP contribution in [0.5, 0.6) is 5.75 Å². The van der Waals surface area contributed by atoms with Gasteiger partial charge in [-0.25, -0.2) is 0 Å². The van der Waals surface area contributed by atoms with Gasteiger partial charge >= 0.3 is 0 Å². The third-order valence-corrected chi connectivity index (χ3v) is 4.33. The van der Waals surface area contributed by atoms with Crippen LogP contribution in [0.25, 0.3) is 0 Å². The highest BCUT2D eigenvalue weighted by Gasteiger charge is 2.11. The van der Waals surface area contributed by atoms with Crippen molar-refractivity contribution in [2.24, 2.45) is 0 Å². The summed E-state index contributed by atoms with van der Waals surface area (Å²) < 4.78 is 6.61. The topological polar surface area (TPSA) is 50.4 Å². The molecular formula is C19H23BrN2O2. The molecule has 4 nitrogen and oxygen atoms in total. The zero-order valence-electron chi connectivity index (χ0n) is 14.0. The van der Waals surface area contributed by atoms with E-state index in [0.29, 0.717) is 13.2 Å². The molecule has 0 radical (unpaired) electrons. The van der Waals surface area contributed by atoms with Crippen molar-refractivity contribution in [1.82, 2.24) is 10.6 Å². The van der Waals surface area contributed by atoms with Gasteiger partial charge in [-0.1, -0.05) is 51.8 Å². The second-order valence-corrected chi connectivity index (χ2v) is 6.50. The summed E-state index contributed by atoms with van der Waals surface area (Å²) in [6, 6.07) is 15.8. The average molecular weight is 391 g/mol. The summed E-state index contributed by atoms with van der Waals surface area (Å²) in [5.41, 5.74) is 2.27. The number of hydrogen-bond acceptors (Lipinski definition) is 3.